The van der Waals surface area contributed by atoms with Crippen molar-refractivity contribution in [3.05, 3.63) is 18.3 Å². The van der Waals surface area contributed by atoms with E-state index in [2.05, 4.69) is 10.3 Å². The van der Waals surface area contributed by atoms with E-state index in [0.29, 0.717) is 18.1 Å². The molecule has 6 nitrogen and oxygen atoms in total. The molecule has 19 heavy (non-hydrogen) atoms. The second kappa shape index (κ2) is 7.70. The fraction of sp³-hybridized carbons (Fsp3) is 0.538. The molecular formula is C13H21N3O3. The van der Waals surface area contributed by atoms with Gasteiger partial charge in [-0.25, -0.2) is 4.98 Å². The van der Waals surface area contributed by atoms with Gasteiger partial charge in [0.1, 0.15) is 5.69 Å². The Morgan fingerprint density at radius 1 is 1.53 bits per heavy atom. The van der Waals surface area contributed by atoms with E-state index < -0.39 is 0 Å². The lowest BCUT2D eigenvalue weighted by atomic mass is 10.2. The van der Waals surface area contributed by atoms with Crippen LogP contribution >= 0.6 is 0 Å². The number of pyridine rings is 1. The number of nitrogens with two attached hydrogens (primary N) is 1. The van der Waals surface area contributed by atoms with Crippen molar-refractivity contribution in [2.45, 2.75) is 32.5 Å². The largest absolute Gasteiger partial charge is 0.473 e. The summed E-state index contributed by atoms with van der Waals surface area (Å²) in [5.41, 5.74) is 6.03. The van der Waals surface area contributed by atoms with Crippen molar-refractivity contribution in [2.24, 2.45) is 5.73 Å². The van der Waals surface area contributed by atoms with Gasteiger partial charge in [-0.3, -0.25) is 4.79 Å². The van der Waals surface area contributed by atoms with E-state index in [-0.39, 0.29) is 24.5 Å². The van der Waals surface area contributed by atoms with Crippen LogP contribution < -0.4 is 15.8 Å². The lowest BCUT2D eigenvalue weighted by Gasteiger charge is -2.15. The smallest absolute Gasteiger partial charge is 0.238 e. The Bertz CT molecular complexity index is 406. The Labute approximate surface area is 113 Å². The minimum Gasteiger partial charge on any atom is -0.473 e. The number of rotatable bonds is 7. The zero-order chi connectivity index (χ0) is 14.3. The molecule has 1 aromatic heterocycles. The molecule has 0 aliphatic heterocycles. The SMILES string of the molecule is COC(CN)CC(=O)Nc1cccnc1OC(C)C. The number of carbonyl (C=O) groups excluding carboxylic acids is 1. The number of nitrogens with one attached hydrogen (secondary N) is 1. The first-order valence-corrected chi connectivity index (χ1v) is 6.21. The van der Waals surface area contributed by atoms with Crippen LogP contribution in [0.3, 0.4) is 0 Å². The lowest BCUT2D eigenvalue weighted by molar-refractivity contribution is -0.118. The number of nitrogens with zero attached hydrogens (tertiary/aromatic N) is 1. The van der Waals surface area contributed by atoms with Crippen molar-refractivity contribution in [3.8, 4) is 5.88 Å². The molecule has 1 aromatic rings. The average Bonchev–Trinajstić information content (AvgIpc) is 2.37. The molecule has 0 aromatic carbocycles. The summed E-state index contributed by atoms with van der Waals surface area (Å²) in [6, 6.07) is 3.48. The highest BCUT2D eigenvalue weighted by Gasteiger charge is 2.14. The standard InChI is InChI=1S/C13H21N3O3/c1-9(2)19-13-11(5-4-6-15-13)16-12(17)7-10(8-14)18-3/h4-6,9-10H,7-8,14H2,1-3H3,(H,16,17). The van der Waals surface area contributed by atoms with Gasteiger partial charge in [0.15, 0.2) is 0 Å². The van der Waals surface area contributed by atoms with Gasteiger partial charge in [-0.05, 0) is 26.0 Å². The first-order valence-electron chi connectivity index (χ1n) is 6.21. The van der Waals surface area contributed by atoms with Crippen molar-refractivity contribution in [3.63, 3.8) is 0 Å². The molecule has 1 amide bonds. The molecular weight excluding hydrogens is 246 g/mol. The van der Waals surface area contributed by atoms with Crippen molar-refractivity contribution < 1.29 is 14.3 Å². The molecule has 0 saturated heterocycles. The summed E-state index contributed by atoms with van der Waals surface area (Å²) < 4.78 is 10.6. The Morgan fingerprint density at radius 2 is 2.26 bits per heavy atom. The predicted molar refractivity (Wildman–Crippen MR) is 73.1 cm³/mol. The van der Waals surface area contributed by atoms with E-state index in [4.69, 9.17) is 15.2 Å². The van der Waals surface area contributed by atoms with E-state index in [1.165, 1.54) is 7.11 Å². The maximum Gasteiger partial charge on any atom is 0.238 e. The van der Waals surface area contributed by atoms with Crippen LogP contribution in [0.15, 0.2) is 18.3 Å². The molecule has 1 heterocycles. The van der Waals surface area contributed by atoms with Crippen LogP contribution in [-0.2, 0) is 9.53 Å². The minimum atomic E-state index is -0.286. The number of carbonyl (C=O) groups is 1. The Balaban J connectivity index is 2.68. The molecule has 0 radical (unpaired) electrons. The molecule has 1 unspecified atom stereocenters. The Kier molecular flexibility index (Phi) is 6.24. The number of amides is 1. The van der Waals surface area contributed by atoms with Gasteiger partial charge < -0.3 is 20.5 Å². The van der Waals surface area contributed by atoms with Gasteiger partial charge in [0.2, 0.25) is 11.8 Å². The van der Waals surface area contributed by atoms with Crippen LogP contribution in [0.5, 0.6) is 5.88 Å². The fourth-order valence-corrected chi connectivity index (χ4v) is 1.47. The van der Waals surface area contributed by atoms with E-state index >= 15 is 0 Å². The van der Waals surface area contributed by atoms with E-state index in [1.807, 2.05) is 13.8 Å². The van der Waals surface area contributed by atoms with Gasteiger partial charge >= 0.3 is 0 Å². The number of aromatic nitrogens is 1. The monoisotopic (exact) mass is 267 g/mol. The van der Waals surface area contributed by atoms with Crippen molar-refractivity contribution in [1.29, 1.82) is 0 Å². The maximum atomic E-state index is 11.8. The minimum absolute atomic E-state index is 0.0127. The summed E-state index contributed by atoms with van der Waals surface area (Å²) in [7, 11) is 1.53. The van der Waals surface area contributed by atoms with E-state index in [0.717, 1.165) is 0 Å². The number of methoxy groups -OCH3 is 1. The third kappa shape index (κ3) is 5.23. The summed E-state index contributed by atoms with van der Waals surface area (Å²) in [4.78, 5) is 15.9. The maximum absolute atomic E-state index is 11.8. The third-order valence-corrected chi connectivity index (χ3v) is 2.40. The highest BCUT2D eigenvalue weighted by Crippen LogP contribution is 2.21. The molecule has 0 aliphatic carbocycles. The zero-order valence-corrected chi connectivity index (χ0v) is 11.6. The van der Waals surface area contributed by atoms with E-state index in [9.17, 15) is 4.79 Å². The number of ether oxygens (including phenoxy) is 2. The third-order valence-electron chi connectivity index (χ3n) is 2.40. The topological polar surface area (TPSA) is 86.5 Å². The van der Waals surface area contributed by atoms with Crippen LogP contribution in [0.1, 0.15) is 20.3 Å². The summed E-state index contributed by atoms with van der Waals surface area (Å²) in [5, 5.41) is 2.75. The highest BCUT2D eigenvalue weighted by molar-refractivity contribution is 5.92. The van der Waals surface area contributed by atoms with Gasteiger partial charge in [0.05, 0.1) is 18.6 Å². The Hall–Kier alpha value is -1.66. The zero-order valence-electron chi connectivity index (χ0n) is 11.6. The van der Waals surface area contributed by atoms with Crippen molar-refractivity contribution in [2.75, 3.05) is 19.0 Å². The predicted octanol–water partition coefficient (Wildman–Crippen LogP) is 1.17. The molecule has 1 rings (SSSR count). The van der Waals surface area contributed by atoms with Crippen molar-refractivity contribution >= 4 is 11.6 Å². The van der Waals surface area contributed by atoms with Gasteiger partial charge in [-0.2, -0.15) is 0 Å². The molecule has 0 saturated carbocycles. The van der Waals surface area contributed by atoms with Gasteiger partial charge in [-0.1, -0.05) is 0 Å². The van der Waals surface area contributed by atoms with Crippen LogP contribution in [0.25, 0.3) is 0 Å². The fourth-order valence-electron chi connectivity index (χ4n) is 1.47. The Morgan fingerprint density at radius 3 is 2.84 bits per heavy atom. The van der Waals surface area contributed by atoms with E-state index in [1.54, 1.807) is 18.3 Å². The second-order valence-corrected chi connectivity index (χ2v) is 4.37. The normalized spacial score (nSPS) is 12.3. The van der Waals surface area contributed by atoms with Crippen LogP contribution in [-0.4, -0.2) is 36.8 Å². The summed E-state index contributed by atoms with van der Waals surface area (Å²) >= 11 is 0. The van der Waals surface area contributed by atoms with Crippen LogP contribution in [0.2, 0.25) is 0 Å². The second-order valence-electron chi connectivity index (χ2n) is 4.37. The summed E-state index contributed by atoms with van der Waals surface area (Å²) in [5.74, 6) is 0.228. The highest BCUT2D eigenvalue weighted by atomic mass is 16.5. The molecule has 3 N–H and O–H groups in total. The van der Waals surface area contributed by atoms with Crippen LogP contribution in [0.4, 0.5) is 5.69 Å². The van der Waals surface area contributed by atoms with Crippen molar-refractivity contribution in [1.82, 2.24) is 4.98 Å². The molecule has 1 atom stereocenters. The molecule has 0 bridgehead atoms. The lowest BCUT2D eigenvalue weighted by Crippen LogP contribution is -2.28. The average molecular weight is 267 g/mol. The number of anilines is 1. The molecule has 0 spiro atoms. The molecule has 0 aliphatic rings. The quantitative estimate of drug-likeness (QED) is 0.774. The first-order chi connectivity index (χ1) is 9.06. The summed E-state index contributed by atoms with van der Waals surface area (Å²) in [6.07, 6.45) is 1.52. The summed E-state index contributed by atoms with van der Waals surface area (Å²) in [6.45, 7) is 4.09. The molecule has 106 valence electrons. The number of hydrogen-bond acceptors (Lipinski definition) is 5. The first kappa shape index (κ1) is 15.4. The number of hydrogen-bond donors (Lipinski definition) is 2. The molecule has 6 heteroatoms. The molecule has 0 fully saturated rings. The van der Waals surface area contributed by atoms with Gasteiger partial charge in [0.25, 0.3) is 0 Å². The van der Waals surface area contributed by atoms with Gasteiger partial charge in [0, 0.05) is 19.9 Å². The van der Waals surface area contributed by atoms with Gasteiger partial charge in [-0.15, -0.1) is 0 Å². The van der Waals surface area contributed by atoms with Crippen LogP contribution in [0, 0.1) is 0 Å².